The highest BCUT2D eigenvalue weighted by atomic mass is 32.2. The van der Waals surface area contributed by atoms with Gasteiger partial charge in [0.25, 0.3) is 0 Å². The molecule has 0 bridgehead atoms. The number of rotatable bonds is 6. The molecule has 1 saturated heterocycles. The van der Waals surface area contributed by atoms with Crippen LogP contribution < -0.4 is 5.32 Å². The van der Waals surface area contributed by atoms with Gasteiger partial charge in [0.2, 0.25) is 0 Å². The predicted molar refractivity (Wildman–Crippen MR) is 62.5 cm³/mol. The molecule has 0 aromatic carbocycles. The second-order valence-corrected chi connectivity index (χ2v) is 5.25. The average Bonchev–Trinajstić information content (AvgIpc) is 2.65. The zero-order chi connectivity index (χ0) is 9.52. The quantitative estimate of drug-likeness (QED) is 0.709. The molecular weight excluding hydrogens is 178 g/mol. The van der Waals surface area contributed by atoms with E-state index < -0.39 is 0 Å². The molecular formula is C11H23NS. The molecule has 0 aromatic heterocycles. The summed E-state index contributed by atoms with van der Waals surface area (Å²) in [6.07, 6.45) is 6.81. The summed E-state index contributed by atoms with van der Waals surface area (Å²) in [7, 11) is 0. The van der Waals surface area contributed by atoms with Gasteiger partial charge in [0.15, 0.2) is 0 Å². The fraction of sp³-hybridized carbons (Fsp3) is 1.00. The Hall–Kier alpha value is 0.310. The molecule has 1 aliphatic heterocycles. The summed E-state index contributed by atoms with van der Waals surface area (Å²) in [5, 5.41) is 4.60. The van der Waals surface area contributed by atoms with Gasteiger partial charge in [0.05, 0.1) is 0 Å². The Morgan fingerprint density at radius 1 is 1.38 bits per heavy atom. The summed E-state index contributed by atoms with van der Waals surface area (Å²) in [5.74, 6) is 1.39. The van der Waals surface area contributed by atoms with E-state index in [0.717, 1.165) is 11.3 Å². The van der Waals surface area contributed by atoms with Crippen molar-refractivity contribution in [1.29, 1.82) is 0 Å². The van der Waals surface area contributed by atoms with Gasteiger partial charge in [0, 0.05) is 11.3 Å². The minimum Gasteiger partial charge on any atom is -0.313 e. The van der Waals surface area contributed by atoms with Crippen LogP contribution >= 0.6 is 11.8 Å². The summed E-state index contributed by atoms with van der Waals surface area (Å²) in [6.45, 7) is 5.74. The van der Waals surface area contributed by atoms with E-state index in [2.05, 4.69) is 30.9 Å². The van der Waals surface area contributed by atoms with Gasteiger partial charge < -0.3 is 5.32 Å². The van der Waals surface area contributed by atoms with Crippen LogP contribution in [0, 0.1) is 0 Å². The van der Waals surface area contributed by atoms with Crippen molar-refractivity contribution in [2.75, 3.05) is 12.3 Å². The first kappa shape index (κ1) is 11.4. The zero-order valence-electron chi connectivity index (χ0n) is 9.01. The summed E-state index contributed by atoms with van der Waals surface area (Å²) in [6, 6.07) is 0.789. The Labute approximate surface area is 87.1 Å². The fourth-order valence-corrected chi connectivity index (χ4v) is 3.41. The molecule has 2 atom stereocenters. The van der Waals surface area contributed by atoms with Crippen molar-refractivity contribution >= 4 is 11.8 Å². The fourth-order valence-electron chi connectivity index (χ4n) is 1.98. The molecule has 0 aromatic rings. The van der Waals surface area contributed by atoms with Crippen LogP contribution in [0.2, 0.25) is 0 Å². The minimum absolute atomic E-state index is 0.789. The first-order valence-electron chi connectivity index (χ1n) is 5.73. The highest BCUT2D eigenvalue weighted by molar-refractivity contribution is 8.00. The molecule has 1 rings (SSSR count). The Kier molecular flexibility index (Phi) is 5.88. The third-order valence-electron chi connectivity index (χ3n) is 2.67. The van der Waals surface area contributed by atoms with Crippen LogP contribution in [0.25, 0.3) is 0 Å². The van der Waals surface area contributed by atoms with Gasteiger partial charge in [-0.25, -0.2) is 0 Å². The first-order valence-corrected chi connectivity index (χ1v) is 6.78. The second kappa shape index (κ2) is 6.72. The molecule has 1 nitrogen and oxygen atoms in total. The van der Waals surface area contributed by atoms with Crippen molar-refractivity contribution in [3.63, 3.8) is 0 Å². The number of nitrogens with one attached hydrogen (secondary N) is 1. The molecule has 1 N–H and O–H groups in total. The molecule has 1 aliphatic rings. The van der Waals surface area contributed by atoms with E-state index in [1.165, 1.54) is 44.4 Å². The summed E-state index contributed by atoms with van der Waals surface area (Å²) in [4.78, 5) is 0. The largest absolute Gasteiger partial charge is 0.313 e. The predicted octanol–water partition coefficient (Wildman–Crippen LogP) is 3.05. The van der Waals surface area contributed by atoms with Crippen LogP contribution in [0.5, 0.6) is 0 Å². The third kappa shape index (κ3) is 3.90. The molecule has 2 unspecified atom stereocenters. The molecule has 0 saturated carbocycles. The van der Waals surface area contributed by atoms with E-state index in [-0.39, 0.29) is 0 Å². The van der Waals surface area contributed by atoms with Crippen molar-refractivity contribution in [3.05, 3.63) is 0 Å². The zero-order valence-corrected chi connectivity index (χ0v) is 9.83. The average molecular weight is 201 g/mol. The van der Waals surface area contributed by atoms with Gasteiger partial charge in [-0.3, -0.25) is 0 Å². The maximum Gasteiger partial charge on any atom is 0.0201 e. The molecule has 2 heteroatoms. The first-order chi connectivity index (χ1) is 6.38. The van der Waals surface area contributed by atoms with Gasteiger partial charge in [0.1, 0.15) is 0 Å². The lowest BCUT2D eigenvalue weighted by Gasteiger charge is -2.23. The lowest BCUT2D eigenvalue weighted by atomic mass is 10.0. The maximum absolute atomic E-state index is 3.69. The second-order valence-electron chi connectivity index (χ2n) is 3.90. The SMILES string of the molecule is CCCNC(CCC)C1CCCS1. The van der Waals surface area contributed by atoms with Crippen LogP contribution in [-0.2, 0) is 0 Å². The van der Waals surface area contributed by atoms with E-state index in [1.54, 1.807) is 0 Å². The Balaban J connectivity index is 2.26. The van der Waals surface area contributed by atoms with Gasteiger partial charge in [-0.15, -0.1) is 0 Å². The third-order valence-corrected chi connectivity index (χ3v) is 4.19. The van der Waals surface area contributed by atoms with Crippen molar-refractivity contribution in [1.82, 2.24) is 5.32 Å². The molecule has 78 valence electrons. The number of thioether (sulfide) groups is 1. The molecule has 0 amide bonds. The Morgan fingerprint density at radius 3 is 2.77 bits per heavy atom. The van der Waals surface area contributed by atoms with Crippen LogP contribution in [0.4, 0.5) is 0 Å². The van der Waals surface area contributed by atoms with Crippen molar-refractivity contribution in [2.45, 2.75) is 57.2 Å². The monoisotopic (exact) mass is 201 g/mol. The standard InChI is InChI=1S/C11H23NS/c1-3-6-10(12-8-4-2)11-7-5-9-13-11/h10-12H,3-9H2,1-2H3. The van der Waals surface area contributed by atoms with E-state index in [1.807, 2.05) is 0 Å². The van der Waals surface area contributed by atoms with E-state index >= 15 is 0 Å². The van der Waals surface area contributed by atoms with E-state index in [9.17, 15) is 0 Å². The summed E-state index contributed by atoms with van der Waals surface area (Å²) >= 11 is 2.18. The maximum atomic E-state index is 3.69. The highest BCUT2D eigenvalue weighted by Gasteiger charge is 2.23. The van der Waals surface area contributed by atoms with Crippen LogP contribution in [-0.4, -0.2) is 23.6 Å². The van der Waals surface area contributed by atoms with E-state index in [0.29, 0.717) is 0 Å². The van der Waals surface area contributed by atoms with Gasteiger partial charge in [-0.2, -0.15) is 11.8 Å². The topological polar surface area (TPSA) is 12.0 Å². The van der Waals surface area contributed by atoms with Crippen LogP contribution in [0.15, 0.2) is 0 Å². The number of hydrogen-bond donors (Lipinski definition) is 1. The van der Waals surface area contributed by atoms with Gasteiger partial charge in [-0.1, -0.05) is 20.3 Å². The smallest absolute Gasteiger partial charge is 0.0201 e. The molecule has 0 aliphatic carbocycles. The van der Waals surface area contributed by atoms with Gasteiger partial charge >= 0.3 is 0 Å². The van der Waals surface area contributed by atoms with Crippen molar-refractivity contribution < 1.29 is 0 Å². The van der Waals surface area contributed by atoms with Crippen LogP contribution in [0.3, 0.4) is 0 Å². The highest BCUT2D eigenvalue weighted by Crippen LogP contribution is 2.30. The summed E-state index contributed by atoms with van der Waals surface area (Å²) < 4.78 is 0. The Morgan fingerprint density at radius 2 is 2.23 bits per heavy atom. The summed E-state index contributed by atoms with van der Waals surface area (Å²) in [5.41, 5.74) is 0. The van der Waals surface area contributed by atoms with Crippen molar-refractivity contribution in [2.24, 2.45) is 0 Å². The van der Waals surface area contributed by atoms with E-state index in [4.69, 9.17) is 0 Å². The normalized spacial score (nSPS) is 24.9. The number of hydrogen-bond acceptors (Lipinski definition) is 2. The molecule has 1 fully saturated rings. The lowest BCUT2D eigenvalue weighted by molar-refractivity contribution is 0.453. The Bertz CT molecular complexity index is 121. The molecule has 13 heavy (non-hydrogen) atoms. The minimum atomic E-state index is 0.789. The molecule has 0 spiro atoms. The molecule has 1 heterocycles. The van der Waals surface area contributed by atoms with Crippen LogP contribution in [0.1, 0.15) is 46.0 Å². The van der Waals surface area contributed by atoms with Crippen molar-refractivity contribution in [3.8, 4) is 0 Å². The van der Waals surface area contributed by atoms with Gasteiger partial charge in [-0.05, 0) is 38.0 Å². The lowest BCUT2D eigenvalue weighted by Crippen LogP contribution is -2.37. The molecule has 0 radical (unpaired) electrons.